The minimum Gasteiger partial charge on any atom is -0.496 e. The molecule has 2 rings (SSSR count). The Hall–Kier alpha value is -0.610. The average molecular weight is 288 g/mol. The van der Waals surface area contributed by atoms with Crippen LogP contribution in [0.3, 0.4) is 0 Å². The number of ether oxygens (including phenoxy) is 1. The Labute approximate surface area is 103 Å². The third-order valence-electron chi connectivity index (χ3n) is 3.14. The van der Waals surface area contributed by atoms with Gasteiger partial charge in [-0.25, -0.2) is 4.39 Å². The lowest BCUT2D eigenvalue weighted by Gasteiger charge is -2.12. The molecule has 0 spiro atoms. The van der Waals surface area contributed by atoms with Crippen molar-refractivity contribution in [1.82, 2.24) is 0 Å². The van der Waals surface area contributed by atoms with Crippen LogP contribution in [0.15, 0.2) is 16.6 Å². The third-order valence-corrected chi connectivity index (χ3v) is 4.01. The van der Waals surface area contributed by atoms with Gasteiger partial charge in [-0.15, -0.1) is 0 Å². The lowest BCUT2D eigenvalue weighted by Crippen LogP contribution is -2.22. The van der Waals surface area contributed by atoms with Gasteiger partial charge in [0.1, 0.15) is 11.6 Å². The topological polar surface area (TPSA) is 35.2 Å². The molecule has 1 aliphatic rings. The van der Waals surface area contributed by atoms with E-state index >= 15 is 0 Å². The van der Waals surface area contributed by atoms with E-state index in [-0.39, 0.29) is 11.4 Å². The SMILES string of the molecule is COc1ccc(F)c(CCC2(N)CC2)c1Br. The van der Waals surface area contributed by atoms with E-state index in [0.29, 0.717) is 22.2 Å². The zero-order chi connectivity index (χ0) is 11.8. The molecule has 1 fully saturated rings. The van der Waals surface area contributed by atoms with Gasteiger partial charge in [0.15, 0.2) is 0 Å². The molecule has 0 unspecified atom stereocenters. The van der Waals surface area contributed by atoms with Gasteiger partial charge in [0, 0.05) is 11.1 Å². The minimum atomic E-state index is -0.197. The first-order chi connectivity index (χ1) is 7.56. The lowest BCUT2D eigenvalue weighted by molar-refractivity contribution is 0.409. The van der Waals surface area contributed by atoms with E-state index in [9.17, 15) is 4.39 Å². The smallest absolute Gasteiger partial charge is 0.133 e. The molecule has 0 bridgehead atoms. The van der Waals surface area contributed by atoms with Crippen LogP contribution in [-0.4, -0.2) is 12.6 Å². The molecule has 0 heterocycles. The summed E-state index contributed by atoms with van der Waals surface area (Å²) in [5.74, 6) is 0.468. The lowest BCUT2D eigenvalue weighted by atomic mass is 10.0. The summed E-state index contributed by atoms with van der Waals surface area (Å²) < 4.78 is 19.5. The van der Waals surface area contributed by atoms with Crippen LogP contribution in [0.2, 0.25) is 0 Å². The zero-order valence-electron chi connectivity index (χ0n) is 9.22. The van der Waals surface area contributed by atoms with Crippen molar-refractivity contribution in [2.24, 2.45) is 5.73 Å². The van der Waals surface area contributed by atoms with Crippen molar-refractivity contribution in [2.75, 3.05) is 7.11 Å². The van der Waals surface area contributed by atoms with Crippen molar-refractivity contribution >= 4 is 15.9 Å². The number of hydrogen-bond donors (Lipinski definition) is 1. The average Bonchev–Trinajstić information content (AvgIpc) is 2.97. The number of hydrogen-bond acceptors (Lipinski definition) is 2. The Morgan fingerprint density at radius 2 is 2.19 bits per heavy atom. The Morgan fingerprint density at radius 3 is 2.75 bits per heavy atom. The van der Waals surface area contributed by atoms with Gasteiger partial charge in [-0.05, 0) is 53.7 Å². The largest absolute Gasteiger partial charge is 0.496 e. The zero-order valence-corrected chi connectivity index (χ0v) is 10.8. The predicted molar refractivity (Wildman–Crippen MR) is 65.1 cm³/mol. The van der Waals surface area contributed by atoms with Crippen LogP contribution in [0.1, 0.15) is 24.8 Å². The summed E-state index contributed by atoms with van der Waals surface area (Å²) in [7, 11) is 1.58. The maximum absolute atomic E-state index is 13.6. The fourth-order valence-corrected chi connectivity index (χ4v) is 2.43. The summed E-state index contributed by atoms with van der Waals surface area (Å²) in [5, 5.41) is 0. The van der Waals surface area contributed by atoms with Crippen molar-refractivity contribution in [1.29, 1.82) is 0 Å². The first-order valence-electron chi connectivity index (χ1n) is 5.35. The molecule has 1 aromatic carbocycles. The molecule has 0 aliphatic heterocycles. The monoisotopic (exact) mass is 287 g/mol. The molecule has 1 aliphatic carbocycles. The molecular formula is C12H15BrFNO. The van der Waals surface area contributed by atoms with Crippen molar-refractivity contribution in [3.8, 4) is 5.75 Å². The van der Waals surface area contributed by atoms with Crippen LogP contribution in [0.25, 0.3) is 0 Å². The highest BCUT2D eigenvalue weighted by molar-refractivity contribution is 9.10. The Balaban J connectivity index is 2.17. The van der Waals surface area contributed by atoms with Crippen molar-refractivity contribution in [3.63, 3.8) is 0 Å². The van der Waals surface area contributed by atoms with E-state index in [1.807, 2.05) is 0 Å². The van der Waals surface area contributed by atoms with Crippen LogP contribution >= 0.6 is 15.9 Å². The highest BCUT2D eigenvalue weighted by Crippen LogP contribution is 2.38. The maximum Gasteiger partial charge on any atom is 0.133 e. The van der Waals surface area contributed by atoms with Gasteiger partial charge in [0.25, 0.3) is 0 Å². The Bertz CT molecular complexity index is 404. The van der Waals surface area contributed by atoms with Crippen molar-refractivity contribution in [3.05, 3.63) is 28.0 Å². The fourth-order valence-electron chi connectivity index (χ4n) is 1.75. The van der Waals surface area contributed by atoms with E-state index in [0.717, 1.165) is 19.3 Å². The van der Waals surface area contributed by atoms with Crippen molar-refractivity contribution < 1.29 is 9.13 Å². The molecule has 4 heteroatoms. The molecular weight excluding hydrogens is 273 g/mol. The standard InChI is InChI=1S/C12H15BrFNO/c1-16-10-3-2-9(14)8(11(10)13)4-5-12(15)6-7-12/h2-3H,4-7,15H2,1H3. The highest BCUT2D eigenvalue weighted by Gasteiger charge is 2.37. The van der Waals surface area contributed by atoms with E-state index in [1.54, 1.807) is 13.2 Å². The van der Waals surface area contributed by atoms with Gasteiger partial charge in [0.2, 0.25) is 0 Å². The first kappa shape index (κ1) is 11.9. The third kappa shape index (κ3) is 2.38. The van der Waals surface area contributed by atoms with E-state index in [2.05, 4.69) is 15.9 Å². The van der Waals surface area contributed by atoms with Crippen LogP contribution in [0.4, 0.5) is 4.39 Å². The number of halogens is 2. The first-order valence-corrected chi connectivity index (χ1v) is 6.15. The van der Waals surface area contributed by atoms with Crippen molar-refractivity contribution in [2.45, 2.75) is 31.2 Å². The van der Waals surface area contributed by atoms with Gasteiger partial charge in [-0.2, -0.15) is 0 Å². The second-order valence-corrected chi connectivity index (χ2v) is 5.20. The summed E-state index contributed by atoms with van der Waals surface area (Å²) in [6, 6.07) is 3.06. The molecule has 1 aromatic rings. The molecule has 0 saturated heterocycles. The van der Waals surface area contributed by atoms with Gasteiger partial charge in [-0.1, -0.05) is 0 Å². The molecule has 2 N–H and O–H groups in total. The van der Waals surface area contributed by atoms with E-state index in [4.69, 9.17) is 10.5 Å². The molecule has 1 saturated carbocycles. The summed E-state index contributed by atoms with van der Waals surface area (Å²) >= 11 is 3.37. The molecule has 0 aromatic heterocycles. The molecule has 0 atom stereocenters. The van der Waals surface area contributed by atoms with Gasteiger partial charge in [0.05, 0.1) is 11.6 Å². The number of benzene rings is 1. The number of rotatable bonds is 4. The predicted octanol–water partition coefficient (Wildman–Crippen LogP) is 3.02. The fraction of sp³-hybridized carbons (Fsp3) is 0.500. The summed E-state index contributed by atoms with van der Waals surface area (Å²) in [6.45, 7) is 0. The van der Waals surface area contributed by atoms with E-state index in [1.165, 1.54) is 6.07 Å². The molecule has 88 valence electrons. The normalized spacial score (nSPS) is 17.2. The Morgan fingerprint density at radius 1 is 1.50 bits per heavy atom. The van der Waals surface area contributed by atoms with Crippen LogP contribution in [-0.2, 0) is 6.42 Å². The molecule has 16 heavy (non-hydrogen) atoms. The van der Waals surface area contributed by atoms with Gasteiger partial charge >= 0.3 is 0 Å². The Kier molecular flexibility index (Phi) is 3.22. The maximum atomic E-state index is 13.6. The second-order valence-electron chi connectivity index (χ2n) is 4.40. The quantitative estimate of drug-likeness (QED) is 0.924. The van der Waals surface area contributed by atoms with E-state index < -0.39 is 0 Å². The molecule has 2 nitrogen and oxygen atoms in total. The number of nitrogens with two attached hydrogens (primary N) is 1. The number of methoxy groups -OCH3 is 1. The summed E-state index contributed by atoms with van der Waals surface area (Å²) in [5.41, 5.74) is 6.61. The molecule has 0 radical (unpaired) electrons. The van der Waals surface area contributed by atoms with Gasteiger partial charge in [-0.3, -0.25) is 0 Å². The molecule has 0 amide bonds. The van der Waals surface area contributed by atoms with Crippen LogP contribution < -0.4 is 10.5 Å². The van der Waals surface area contributed by atoms with Crippen LogP contribution in [0, 0.1) is 5.82 Å². The minimum absolute atomic E-state index is 0.0467. The highest BCUT2D eigenvalue weighted by atomic mass is 79.9. The summed E-state index contributed by atoms with van der Waals surface area (Å²) in [4.78, 5) is 0. The second kappa shape index (κ2) is 4.34. The summed E-state index contributed by atoms with van der Waals surface area (Å²) in [6.07, 6.45) is 3.59. The van der Waals surface area contributed by atoms with Gasteiger partial charge < -0.3 is 10.5 Å². The van der Waals surface area contributed by atoms with Crippen LogP contribution in [0.5, 0.6) is 5.75 Å².